The van der Waals surface area contributed by atoms with Gasteiger partial charge in [0.05, 0.1) is 12.9 Å². The van der Waals surface area contributed by atoms with Gasteiger partial charge in [0.15, 0.2) is 0 Å². The predicted molar refractivity (Wildman–Crippen MR) is 69.7 cm³/mol. The molecule has 1 atom stereocenters. The molecular formula is C11H15NO4S2. The van der Waals surface area contributed by atoms with Crippen LogP contribution >= 0.6 is 11.8 Å². The summed E-state index contributed by atoms with van der Waals surface area (Å²) in [5, 5.41) is 11.6. The minimum atomic E-state index is -3.38. The highest BCUT2D eigenvalue weighted by Crippen LogP contribution is 2.25. The van der Waals surface area contributed by atoms with Crippen LogP contribution in [0.3, 0.4) is 0 Å². The lowest BCUT2D eigenvalue weighted by atomic mass is 10.1. The SMILES string of the molecule is CS(=O)(=O)OCCc1ccc2c(c1)C[NH+]([O-])CS2. The normalized spacial score (nSPS) is 19.6. The number of quaternary nitrogens is 1. The van der Waals surface area contributed by atoms with Crippen LogP contribution in [0.15, 0.2) is 23.1 Å². The highest BCUT2D eigenvalue weighted by molar-refractivity contribution is 7.99. The monoisotopic (exact) mass is 289 g/mol. The summed E-state index contributed by atoms with van der Waals surface area (Å²) in [5.41, 5.74) is 2.03. The van der Waals surface area contributed by atoms with Gasteiger partial charge in [0, 0.05) is 10.5 Å². The molecule has 0 aromatic heterocycles. The molecule has 5 nitrogen and oxygen atoms in total. The highest BCUT2D eigenvalue weighted by Gasteiger charge is 2.15. The van der Waals surface area contributed by atoms with E-state index in [1.54, 1.807) is 11.8 Å². The summed E-state index contributed by atoms with van der Waals surface area (Å²) in [6.45, 7) is 0.613. The first-order valence-electron chi connectivity index (χ1n) is 5.55. The zero-order valence-electron chi connectivity index (χ0n) is 10.0. The Bertz CT molecular complexity index is 530. The third kappa shape index (κ3) is 3.96. The second kappa shape index (κ2) is 5.58. The van der Waals surface area contributed by atoms with Crippen LogP contribution in [0.5, 0.6) is 0 Å². The molecule has 0 saturated carbocycles. The first-order chi connectivity index (χ1) is 8.44. The largest absolute Gasteiger partial charge is 0.633 e. The molecule has 0 aliphatic carbocycles. The molecule has 0 amide bonds. The number of rotatable bonds is 4. The number of thioether (sulfide) groups is 1. The Hall–Kier alpha value is -0.600. The van der Waals surface area contributed by atoms with E-state index in [4.69, 9.17) is 4.18 Å². The Balaban J connectivity index is 2.00. The van der Waals surface area contributed by atoms with Crippen LogP contribution in [0.2, 0.25) is 0 Å². The van der Waals surface area contributed by atoms with E-state index in [0.717, 1.165) is 22.3 Å². The van der Waals surface area contributed by atoms with Crippen LogP contribution in [0.4, 0.5) is 0 Å². The van der Waals surface area contributed by atoms with Gasteiger partial charge in [-0.25, -0.2) is 0 Å². The fourth-order valence-electron chi connectivity index (χ4n) is 1.80. The van der Waals surface area contributed by atoms with E-state index in [-0.39, 0.29) is 11.7 Å². The number of hydrogen-bond acceptors (Lipinski definition) is 5. The molecule has 1 aromatic rings. The van der Waals surface area contributed by atoms with Crippen molar-refractivity contribution in [3.05, 3.63) is 34.5 Å². The quantitative estimate of drug-likeness (QED) is 0.631. The van der Waals surface area contributed by atoms with Crippen molar-refractivity contribution in [1.29, 1.82) is 0 Å². The van der Waals surface area contributed by atoms with Crippen molar-refractivity contribution in [3.8, 4) is 0 Å². The summed E-state index contributed by atoms with van der Waals surface area (Å²) in [4.78, 5) is 1.14. The Labute approximate surface area is 111 Å². The summed E-state index contributed by atoms with van der Waals surface area (Å²) in [7, 11) is -3.38. The summed E-state index contributed by atoms with van der Waals surface area (Å²) in [6, 6.07) is 5.90. The summed E-state index contributed by atoms with van der Waals surface area (Å²) in [5.74, 6) is 0.545. The van der Waals surface area contributed by atoms with E-state index >= 15 is 0 Å². The lowest BCUT2D eigenvalue weighted by Crippen LogP contribution is -3.05. The maximum atomic E-state index is 11.4. The standard InChI is InChI=1S/C11H15NO4S2/c1-18(14,15)16-5-4-9-2-3-11-10(6-9)7-12(13)8-17-11/h2-3,6,12H,4-5,7-8H2,1H3. The van der Waals surface area contributed by atoms with Crippen LogP contribution in [0.1, 0.15) is 11.1 Å². The molecule has 7 heteroatoms. The molecule has 1 heterocycles. The molecule has 1 N–H and O–H groups in total. The Morgan fingerprint density at radius 2 is 2.28 bits per heavy atom. The molecule has 1 aliphatic heterocycles. The molecule has 1 unspecified atom stereocenters. The van der Waals surface area contributed by atoms with Crippen LogP contribution < -0.4 is 5.06 Å². The van der Waals surface area contributed by atoms with E-state index < -0.39 is 10.1 Å². The van der Waals surface area contributed by atoms with E-state index in [9.17, 15) is 13.6 Å². The van der Waals surface area contributed by atoms with Crippen molar-refractivity contribution in [2.45, 2.75) is 17.9 Å². The molecule has 0 spiro atoms. The second-order valence-corrected chi connectivity index (χ2v) is 6.88. The number of nitrogens with one attached hydrogen (secondary N) is 1. The summed E-state index contributed by atoms with van der Waals surface area (Å²) in [6.07, 6.45) is 1.56. The number of fused-ring (bicyclic) bond motifs is 1. The van der Waals surface area contributed by atoms with Gasteiger partial charge in [0.1, 0.15) is 12.4 Å². The molecular weight excluding hydrogens is 274 g/mol. The van der Waals surface area contributed by atoms with Gasteiger partial charge < -0.3 is 10.3 Å². The van der Waals surface area contributed by atoms with Gasteiger partial charge in [-0.3, -0.25) is 4.18 Å². The third-order valence-electron chi connectivity index (χ3n) is 2.59. The molecule has 100 valence electrons. The fraction of sp³-hybridized carbons (Fsp3) is 0.455. The van der Waals surface area contributed by atoms with Crippen molar-refractivity contribution in [2.75, 3.05) is 18.7 Å². The average Bonchev–Trinajstić information content (AvgIpc) is 2.26. The van der Waals surface area contributed by atoms with Gasteiger partial charge >= 0.3 is 0 Å². The Morgan fingerprint density at radius 1 is 1.50 bits per heavy atom. The van der Waals surface area contributed by atoms with Gasteiger partial charge in [-0.05, 0) is 24.1 Å². The maximum Gasteiger partial charge on any atom is 0.264 e. The zero-order chi connectivity index (χ0) is 13.2. The van der Waals surface area contributed by atoms with Crippen LogP contribution in [0, 0.1) is 5.21 Å². The lowest BCUT2D eigenvalue weighted by Gasteiger charge is -2.27. The third-order valence-corrected chi connectivity index (χ3v) is 4.36. The molecule has 2 rings (SSSR count). The van der Waals surface area contributed by atoms with E-state index in [1.165, 1.54) is 0 Å². The number of hydroxylamine groups is 2. The fourth-order valence-corrected chi connectivity index (χ4v) is 3.09. The lowest BCUT2D eigenvalue weighted by molar-refractivity contribution is -0.849. The van der Waals surface area contributed by atoms with E-state index in [1.807, 2.05) is 18.2 Å². The molecule has 0 radical (unpaired) electrons. The van der Waals surface area contributed by atoms with Gasteiger partial charge in [0.25, 0.3) is 10.1 Å². The van der Waals surface area contributed by atoms with E-state index in [2.05, 4.69) is 0 Å². The molecule has 0 bridgehead atoms. The van der Waals surface area contributed by atoms with Gasteiger partial charge in [-0.2, -0.15) is 8.42 Å². The second-order valence-electron chi connectivity index (χ2n) is 4.22. The van der Waals surface area contributed by atoms with Gasteiger partial charge in [0.2, 0.25) is 0 Å². The topological polar surface area (TPSA) is 70.9 Å². The Kier molecular flexibility index (Phi) is 4.29. The smallest absolute Gasteiger partial charge is 0.264 e. The molecule has 18 heavy (non-hydrogen) atoms. The molecule has 0 saturated heterocycles. The summed E-state index contributed by atoms with van der Waals surface area (Å²) >= 11 is 1.56. The van der Waals surface area contributed by atoms with Crippen molar-refractivity contribution >= 4 is 21.9 Å². The zero-order valence-corrected chi connectivity index (χ0v) is 11.6. The molecule has 0 fully saturated rings. The van der Waals surface area contributed by atoms with Gasteiger partial charge in [-0.15, -0.1) is 0 Å². The number of hydrogen-bond donors (Lipinski definition) is 1. The van der Waals surface area contributed by atoms with Gasteiger partial charge in [-0.1, -0.05) is 17.8 Å². The Morgan fingerprint density at radius 3 is 3.00 bits per heavy atom. The first-order valence-corrected chi connectivity index (χ1v) is 8.35. The molecule has 1 aliphatic rings. The maximum absolute atomic E-state index is 11.4. The predicted octanol–water partition coefficient (Wildman–Crippen LogP) is 0.151. The van der Waals surface area contributed by atoms with Crippen LogP contribution in [-0.2, 0) is 27.3 Å². The van der Waals surface area contributed by atoms with Crippen molar-refractivity contribution in [2.24, 2.45) is 0 Å². The molecule has 1 aromatic carbocycles. The van der Waals surface area contributed by atoms with Crippen LogP contribution in [-0.4, -0.2) is 27.2 Å². The van der Waals surface area contributed by atoms with Crippen molar-refractivity contribution < 1.29 is 17.7 Å². The van der Waals surface area contributed by atoms with Crippen LogP contribution in [0.25, 0.3) is 0 Å². The number of benzene rings is 1. The first kappa shape index (κ1) is 13.8. The summed E-state index contributed by atoms with van der Waals surface area (Å²) < 4.78 is 26.4. The minimum Gasteiger partial charge on any atom is -0.633 e. The van der Waals surface area contributed by atoms with Crippen molar-refractivity contribution in [3.63, 3.8) is 0 Å². The van der Waals surface area contributed by atoms with Crippen molar-refractivity contribution in [1.82, 2.24) is 0 Å². The average molecular weight is 289 g/mol. The van der Waals surface area contributed by atoms with E-state index in [0.29, 0.717) is 18.8 Å². The highest BCUT2D eigenvalue weighted by atomic mass is 32.2. The minimum absolute atomic E-state index is 0.138.